The zero-order valence-corrected chi connectivity index (χ0v) is 9.93. The van der Waals surface area contributed by atoms with Crippen LogP contribution in [0.25, 0.3) is 16.5 Å². The van der Waals surface area contributed by atoms with Crippen LogP contribution in [0.3, 0.4) is 0 Å². The van der Waals surface area contributed by atoms with Gasteiger partial charge in [0.2, 0.25) is 0 Å². The van der Waals surface area contributed by atoms with Crippen molar-refractivity contribution in [3.8, 4) is 0 Å². The van der Waals surface area contributed by atoms with Gasteiger partial charge in [0.1, 0.15) is 0 Å². The van der Waals surface area contributed by atoms with Crippen molar-refractivity contribution < 1.29 is 0 Å². The van der Waals surface area contributed by atoms with Crippen molar-refractivity contribution in [2.24, 2.45) is 5.92 Å². The molecule has 18 heavy (non-hydrogen) atoms. The van der Waals surface area contributed by atoms with Gasteiger partial charge in [0.15, 0.2) is 0 Å². The molecule has 88 valence electrons. The van der Waals surface area contributed by atoms with Gasteiger partial charge in [0, 0.05) is 28.9 Å². The van der Waals surface area contributed by atoms with Gasteiger partial charge >= 0.3 is 0 Å². The Morgan fingerprint density at radius 2 is 1.89 bits per heavy atom. The average molecular weight is 234 g/mol. The Kier molecular flexibility index (Phi) is 1.97. The van der Waals surface area contributed by atoms with E-state index in [2.05, 4.69) is 71.1 Å². The Hall–Kier alpha value is -2.22. The lowest BCUT2D eigenvalue weighted by Crippen LogP contribution is -2.24. The molecule has 2 nitrogen and oxygen atoms in total. The van der Waals surface area contributed by atoms with E-state index in [0.717, 1.165) is 0 Å². The molecule has 1 aromatic carbocycles. The van der Waals surface area contributed by atoms with E-state index in [1.54, 1.807) is 0 Å². The minimum Gasteiger partial charge on any atom is -0.383 e. The highest BCUT2D eigenvalue weighted by molar-refractivity contribution is 5.86. The van der Waals surface area contributed by atoms with Gasteiger partial charge in [-0.2, -0.15) is 0 Å². The molecule has 2 heterocycles. The van der Waals surface area contributed by atoms with Gasteiger partial charge < -0.3 is 10.3 Å². The zero-order chi connectivity index (χ0) is 11.9. The Bertz CT molecular complexity index is 655. The molecule has 0 amide bonds. The number of para-hydroxylation sites is 1. The molecular weight excluding hydrogens is 220 g/mol. The first kappa shape index (κ1) is 9.77. The predicted molar refractivity (Wildman–Crippen MR) is 75.0 cm³/mol. The Labute approximate surface area is 106 Å². The molecule has 0 bridgehead atoms. The molecule has 4 rings (SSSR count). The van der Waals surface area contributed by atoms with Crippen molar-refractivity contribution in [1.29, 1.82) is 0 Å². The second kappa shape index (κ2) is 3.64. The fourth-order valence-electron chi connectivity index (χ4n) is 2.83. The number of H-pyrrole nitrogens is 1. The van der Waals surface area contributed by atoms with Crippen molar-refractivity contribution in [2.75, 3.05) is 0 Å². The summed E-state index contributed by atoms with van der Waals surface area (Å²) in [6, 6.07) is 11.1. The summed E-state index contributed by atoms with van der Waals surface area (Å²) in [6.45, 7) is 0. The maximum atomic E-state index is 3.50. The minimum absolute atomic E-state index is 0.413. The van der Waals surface area contributed by atoms with Gasteiger partial charge in [-0.25, -0.2) is 0 Å². The number of nitrogens with one attached hydrogen (secondary N) is 2. The SMILES string of the molecule is C1=CC2NC=C(c3cc4ccccc4[nH]3)C2C=C1. The van der Waals surface area contributed by atoms with E-state index in [-0.39, 0.29) is 0 Å². The van der Waals surface area contributed by atoms with Crippen LogP contribution in [0.4, 0.5) is 0 Å². The molecule has 2 atom stereocenters. The Morgan fingerprint density at radius 3 is 2.83 bits per heavy atom. The lowest BCUT2D eigenvalue weighted by molar-refractivity contribution is 0.656. The standard InChI is InChI=1S/C16H14N2/c1-3-7-14-11(5-1)9-16(18-14)13-10-17-15-8-4-2-6-12(13)15/h1-10,12,15,17-18H. The highest BCUT2D eigenvalue weighted by Gasteiger charge is 2.28. The van der Waals surface area contributed by atoms with Crippen LogP contribution in [0, 0.1) is 5.92 Å². The summed E-state index contributed by atoms with van der Waals surface area (Å²) < 4.78 is 0. The van der Waals surface area contributed by atoms with Crippen molar-refractivity contribution >= 4 is 16.5 Å². The summed E-state index contributed by atoms with van der Waals surface area (Å²) >= 11 is 0. The first-order chi connectivity index (χ1) is 8.92. The molecule has 2 heteroatoms. The average Bonchev–Trinajstić information content (AvgIpc) is 3.02. The largest absolute Gasteiger partial charge is 0.383 e. The van der Waals surface area contributed by atoms with Crippen LogP contribution in [0.1, 0.15) is 5.69 Å². The Balaban J connectivity index is 1.79. The molecule has 0 spiro atoms. The van der Waals surface area contributed by atoms with Crippen LogP contribution in [0.15, 0.2) is 60.8 Å². The molecule has 0 saturated heterocycles. The lowest BCUT2D eigenvalue weighted by Gasteiger charge is -2.18. The number of hydrogen-bond donors (Lipinski definition) is 2. The minimum atomic E-state index is 0.413. The lowest BCUT2D eigenvalue weighted by atomic mass is 9.90. The second-order valence-corrected chi connectivity index (χ2v) is 4.86. The summed E-state index contributed by atoms with van der Waals surface area (Å²) in [5, 5.41) is 4.70. The zero-order valence-electron chi connectivity index (χ0n) is 9.93. The van der Waals surface area contributed by atoms with Crippen LogP contribution in [-0.2, 0) is 0 Å². The number of allylic oxidation sites excluding steroid dienone is 2. The van der Waals surface area contributed by atoms with Crippen LogP contribution >= 0.6 is 0 Å². The summed E-state index contributed by atoms with van der Waals surface area (Å²) in [4.78, 5) is 3.50. The van der Waals surface area contributed by atoms with Crippen LogP contribution in [0.5, 0.6) is 0 Å². The van der Waals surface area contributed by atoms with Gasteiger partial charge in [-0.15, -0.1) is 0 Å². The third-order valence-electron chi connectivity index (χ3n) is 3.77. The van der Waals surface area contributed by atoms with E-state index in [1.807, 2.05) is 0 Å². The summed E-state index contributed by atoms with van der Waals surface area (Å²) in [6.07, 6.45) is 10.9. The summed E-state index contributed by atoms with van der Waals surface area (Å²) in [5.74, 6) is 0.447. The first-order valence-corrected chi connectivity index (χ1v) is 6.31. The molecule has 1 aromatic heterocycles. The van der Waals surface area contributed by atoms with Gasteiger partial charge in [0.25, 0.3) is 0 Å². The van der Waals surface area contributed by atoms with E-state index in [1.165, 1.54) is 22.2 Å². The third kappa shape index (κ3) is 1.35. The Morgan fingerprint density at radius 1 is 1.00 bits per heavy atom. The van der Waals surface area contributed by atoms with Crippen LogP contribution in [-0.4, -0.2) is 11.0 Å². The molecule has 2 N–H and O–H groups in total. The fraction of sp³-hybridized carbons (Fsp3) is 0.125. The third-order valence-corrected chi connectivity index (χ3v) is 3.77. The molecule has 2 aliphatic rings. The van der Waals surface area contributed by atoms with Crippen molar-refractivity contribution in [2.45, 2.75) is 6.04 Å². The normalized spacial score (nSPS) is 25.0. The van der Waals surface area contributed by atoms with Crippen molar-refractivity contribution in [3.05, 3.63) is 66.5 Å². The first-order valence-electron chi connectivity index (χ1n) is 6.31. The van der Waals surface area contributed by atoms with Crippen molar-refractivity contribution in [3.63, 3.8) is 0 Å². The van der Waals surface area contributed by atoms with Crippen molar-refractivity contribution in [1.82, 2.24) is 10.3 Å². The fourth-order valence-corrected chi connectivity index (χ4v) is 2.83. The molecular formula is C16H14N2. The second-order valence-electron chi connectivity index (χ2n) is 4.86. The molecule has 1 aliphatic carbocycles. The molecule has 0 saturated carbocycles. The number of aromatic amines is 1. The topological polar surface area (TPSA) is 27.8 Å². The van der Waals surface area contributed by atoms with Crippen LogP contribution < -0.4 is 5.32 Å². The molecule has 0 radical (unpaired) electrons. The highest BCUT2D eigenvalue weighted by atomic mass is 14.9. The maximum absolute atomic E-state index is 3.50. The van der Waals surface area contributed by atoms with Crippen LogP contribution in [0.2, 0.25) is 0 Å². The maximum Gasteiger partial charge on any atom is 0.0546 e. The molecule has 1 aliphatic heterocycles. The van der Waals surface area contributed by atoms with E-state index >= 15 is 0 Å². The molecule has 2 unspecified atom stereocenters. The molecule has 2 aromatic rings. The van der Waals surface area contributed by atoms with E-state index in [0.29, 0.717) is 12.0 Å². The van der Waals surface area contributed by atoms with Gasteiger partial charge in [0.05, 0.1) is 6.04 Å². The highest BCUT2D eigenvalue weighted by Crippen LogP contribution is 2.34. The quantitative estimate of drug-likeness (QED) is 0.779. The van der Waals surface area contributed by atoms with E-state index in [9.17, 15) is 0 Å². The number of benzene rings is 1. The number of hydrogen-bond acceptors (Lipinski definition) is 1. The van der Waals surface area contributed by atoms with Gasteiger partial charge in [-0.05, 0) is 17.5 Å². The number of rotatable bonds is 1. The van der Waals surface area contributed by atoms with E-state index < -0.39 is 0 Å². The number of fused-ring (bicyclic) bond motifs is 2. The predicted octanol–water partition coefficient (Wildman–Crippen LogP) is 3.22. The van der Waals surface area contributed by atoms with E-state index in [4.69, 9.17) is 0 Å². The number of aromatic nitrogens is 1. The summed E-state index contributed by atoms with van der Waals surface area (Å²) in [5.41, 5.74) is 3.76. The smallest absolute Gasteiger partial charge is 0.0546 e. The van der Waals surface area contributed by atoms with Gasteiger partial charge in [-0.1, -0.05) is 42.5 Å². The monoisotopic (exact) mass is 234 g/mol. The molecule has 0 fully saturated rings. The van der Waals surface area contributed by atoms with Gasteiger partial charge in [-0.3, -0.25) is 0 Å². The summed E-state index contributed by atoms with van der Waals surface area (Å²) in [7, 11) is 0.